The monoisotopic (exact) mass is 304 g/mol. The summed E-state index contributed by atoms with van der Waals surface area (Å²) in [7, 11) is -3.32. The predicted molar refractivity (Wildman–Crippen MR) is 81.1 cm³/mol. The summed E-state index contributed by atoms with van der Waals surface area (Å²) >= 11 is 0. The molecule has 0 saturated heterocycles. The number of nitrogens with zero attached hydrogens (tertiary/aromatic N) is 1. The predicted octanol–water partition coefficient (Wildman–Crippen LogP) is 3.15. The number of furan rings is 1. The third kappa shape index (κ3) is 2.15. The van der Waals surface area contributed by atoms with Crippen LogP contribution in [0, 0.1) is 20.8 Å². The molecule has 0 aliphatic rings. The standard InChI is InChI=1S/C15H16N2O3S/c1-8-9(2)20-10(3)13(8)15-16-11-6-5-7-12(14(11)17-15)21(4,18)19/h5-7H,1-4H3,(H,16,17). The molecule has 2 heterocycles. The van der Waals surface area contributed by atoms with Crippen LogP contribution in [0.15, 0.2) is 27.5 Å². The van der Waals surface area contributed by atoms with Crippen LogP contribution in [-0.2, 0) is 9.84 Å². The number of fused-ring (bicyclic) bond motifs is 1. The molecule has 1 N–H and O–H groups in total. The van der Waals surface area contributed by atoms with Crippen molar-refractivity contribution in [2.45, 2.75) is 25.7 Å². The van der Waals surface area contributed by atoms with Gasteiger partial charge in [-0.05, 0) is 32.9 Å². The highest BCUT2D eigenvalue weighted by molar-refractivity contribution is 7.91. The molecular weight excluding hydrogens is 288 g/mol. The topological polar surface area (TPSA) is 76.0 Å². The summed E-state index contributed by atoms with van der Waals surface area (Å²) in [6.07, 6.45) is 1.19. The Morgan fingerprint density at radius 3 is 2.43 bits per heavy atom. The molecule has 0 aliphatic carbocycles. The number of aryl methyl sites for hydroxylation is 2. The van der Waals surface area contributed by atoms with E-state index in [1.807, 2.05) is 26.8 Å². The van der Waals surface area contributed by atoms with Crippen molar-refractivity contribution in [2.75, 3.05) is 6.26 Å². The van der Waals surface area contributed by atoms with Crippen LogP contribution >= 0.6 is 0 Å². The van der Waals surface area contributed by atoms with Crippen LogP contribution in [0.2, 0.25) is 0 Å². The molecule has 0 radical (unpaired) electrons. The third-order valence-corrected chi connectivity index (χ3v) is 4.80. The molecule has 0 spiro atoms. The number of aromatic nitrogens is 2. The van der Waals surface area contributed by atoms with Crippen LogP contribution in [-0.4, -0.2) is 24.6 Å². The Morgan fingerprint density at radius 1 is 1.14 bits per heavy atom. The average Bonchev–Trinajstić information content (AvgIpc) is 2.89. The van der Waals surface area contributed by atoms with Gasteiger partial charge >= 0.3 is 0 Å². The molecule has 3 rings (SSSR count). The number of hydrogen-bond acceptors (Lipinski definition) is 4. The van der Waals surface area contributed by atoms with E-state index < -0.39 is 9.84 Å². The van der Waals surface area contributed by atoms with Gasteiger partial charge in [0.2, 0.25) is 0 Å². The van der Waals surface area contributed by atoms with Gasteiger partial charge in [-0.25, -0.2) is 13.4 Å². The quantitative estimate of drug-likeness (QED) is 0.789. The fraction of sp³-hybridized carbons (Fsp3) is 0.267. The summed E-state index contributed by atoms with van der Waals surface area (Å²) in [5, 5.41) is 0. The maximum Gasteiger partial charge on any atom is 0.177 e. The number of aromatic amines is 1. The molecule has 1 aromatic carbocycles. The lowest BCUT2D eigenvalue weighted by Crippen LogP contribution is -1.97. The first kappa shape index (κ1) is 13.9. The molecule has 0 atom stereocenters. The smallest absolute Gasteiger partial charge is 0.177 e. The van der Waals surface area contributed by atoms with E-state index in [-0.39, 0.29) is 4.90 Å². The maximum absolute atomic E-state index is 11.9. The second kappa shape index (κ2) is 4.46. The molecule has 0 bridgehead atoms. The first-order chi connectivity index (χ1) is 9.79. The van der Waals surface area contributed by atoms with Crippen molar-refractivity contribution in [2.24, 2.45) is 0 Å². The van der Waals surface area contributed by atoms with E-state index >= 15 is 0 Å². The Labute approximate surface area is 122 Å². The summed E-state index contributed by atoms with van der Waals surface area (Å²) in [5.74, 6) is 2.24. The van der Waals surface area contributed by atoms with E-state index in [1.54, 1.807) is 12.1 Å². The zero-order chi connectivity index (χ0) is 15.4. The number of H-pyrrole nitrogens is 1. The van der Waals surface area contributed by atoms with Crippen molar-refractivity contribution < 1.29 is 12.8 Å². The molecule has 3 aromatic rings. The van der Waals surface area contributed by atoms with E-state index in [0.717, 1.165) is 22.6 Å². The lowest BCUT2D eigenvalue weighted by atomic mass is 10.1. The molecule has 0 fully saturated rings. The molecule has 2 aromatic heterocycles. The largest absolute Gasteiger partial charge is 0.466 e. The van der Waals surface area contributed by atoms with E-state index in [0.29, 0.717) is 16.9 Å². The summed E-state index contributed by atoms with van der Waals surface area (Å²) in [6.45, 7) is 5.74. The van der Waals surface area contributed by atoms with Gasteiger partial charge < -0.3 is 9.40 Å². The molecule has 21 heavy (non-hydrogen) atoms. The molecule has 0 aliphatic heterocycles. The number of nitrogens with one attached hydrogen (secondary N) is 1. The normalized spacial score (nSPS) is 12.2. The summed E-state index contributed by atoms with van der Waals surface area (Å²) in [6, 6.07) is 5.10. The zero-order valence-corrected chi connectivity index (χ0v) is 13.1. The highest BCUT2D eigenvalue weighted by Gasteiger charge is 2.19. The van der Waals surface area contributed by atoms with Gasteiger partial charge in [-0.1, -0.05) is 6.07 Å². The summed E-state index contributed by atoms with van der Waals surface area (Å²) in [4.78, 5) is 7.91. The molecule has 0 saturated carbocycles. The second-order valence-corrected chi connectivity index (χ2v) is 7.21. The van der Waals surface area contributed by atoms with Gasteiger partial charge in [-0.3, -0.25) is 0 Å². The minimum absolute atomic E-state index is 0.234. The number of benzene rings is 1. The Hall–Kier alpha value is -2.08. The molecule has 0 unspecified atom stereocenters. The average molecular weight is 304 g/mol. The lowest BCUT2D eigenvalue weighted by molar-refractivity contribution is 0.503. The minimum Gasteiger partial charge on any atom is -0.466 e. The van der Waals surface area contributed by atoms with Crippen molar-refractivity contribution in [1.29, 1.82) is 0 Å². The first-order valence-electron chi connectivity index (χ1n) is 6.55. The molecule has 0 amide bonds. The Balaban J connectivity index is 2.32. The van der Waals surface area contributed by atoms with Crippen LogP contribution < -0.4 is 0 Å². The van der Waals surface area contributed by atoms with Gasteiger partial charge in [0.25, 0.3) is 0 Å². The van der Waals surface area contributed by atoms with Gasteiger partial charge in [0, 0.05) is 11.8 Å². The SMILES string of the molecule is Cc1oc(C)c(-c2nc3c(S(C)(=O)=O)cccc3[nH]2)c1C. The molecule has 6 heteroatoms. The summed E-state index contributed by atoms with van der Waals surface area (Å²) in [5.41, 5.74) is 3.06. The van der Waals surface area contributed by atoms with Crippen molar-refractivity contribution >= 4 is 20.9 Å². The van der Waals surface area contributed by atoms with Crippen molar-refractivity contribution in [3.8, 4) is 11.4 Å². The van der Waals surface area contributed by atoms with E-state index in [1.165, 1.54) is 6.26 Å². The number of imidazole rings is 1. The molecular formula is C15H16N2O3S. The van der Waals surface area contributed by atoms with E-state index in [4.69, 9.17) is 4.42 Å². The third-order valence-electron chi connectivity index (χ3n) is 3.67. The van der Waals surface area contributed by atoms with Gasteiger partial charge in [-0.2, -0.15) is 0 Å². The molecule has 5 nitrogen and oxygen atoms in total. The van der Waals surface area contributed by atoms with E-state index in [9.17, 15) is 8.42 Å². The second-order valence-electron chi connectivity index (χ2n) is 5.22. The lowest BCUT2D eigenvalue weighted by Gasteiger charge is -1.97. The number of rotatable bonds is 2. The van der Waals surface area contributed by atoms with Gasteiger partial charge in [0.1, 0.15) is 22.9 Å². The number of para-hydroxylation sites is 1. The fourth-order valence-electron chi connectivity index (χ4n) is 2.57. The zero-order valence-electron chi connectivity index (χ0n) is 12.3. The van der Waals surface area contributed by atoms with Crippen LogP contribution in [0.4, 0.5) is 0 Å². The summed E-state index contributed by atoms with van der Waals surface area (Å²) < 4.78 is 29.3. The number of hydrogen-bond donors (Lipinski definition) is 1. The van der Waals surface area contributed by atoms with E-state index in [2.05, 4.69) is 9.97 Å². The van der Waals surface area contributed by atoms with Gasteiger partial charge in [0.15, 0.2) is 9.84 Å². The van der Waals surface area contributed by atoms with Crippen LogP contribution in [0.3, 0.4) is 0 Å². The Morgan fingerprint density at radius 2 is 1.86 bits per heavy atom. The highest BCUT2D eigenvalue weighted by Crippen LogP contribution is 2.32. The number of sulfone groups is 1. The van der Waals surface area contributed by atoms with Crippen LogP contribution in [0.1, 0.15) is 17.1 Å². The van der Waals surface area contributed by atoms with Crippen molar-refractivity contribution in [3.63, 3.8) is 0 Å². The van der Waals surface area contributed by atoms with Gasteiger partial charge in [0.05, 0.1) is 16.0 Å². The first-order valence-corrected chi connectivity index (χ1v) is 8.44. The highest BCUT2D eigenvalue weighted by atomic mass is 32.2. The van der Waals surface area contributed by atoms with Crippen molar-refractivity contribution in [3.05, 3.63) is 35.3 Å². The van der Waals surface area contributed by atoms with Crippen molar-refractivity contribution in [1.82, 2.24) is 9.97 Å². The van der Waals surface area contributed by atoms with Crippen LogP contribution in [0.25, 0.3) is 22.4 Å². The minimum atomic E-state index is -3.32. The Bertz CT molecular complexity index is 949. The maximum atomic E-state index is 11.9. The molecule has 110 valence electrons. The van der Waals surface area contributed by atoms with Gasteiger partial charge in [-0.15, -0.1) is 0 Å². The fourth-order valence-corrected chi connectivity index (χ4v) is 3.40. The van der Waals surface area contributed by atoms with Crippen LogP contribution in [0.5, 0.6) is 0 Å². The Kier molecular flexibility index (Phi) is 2.95.